The van der Waals surface area contributed by atoms with Crippen LogP contribution in [-0.2, 0) is 12.3 Å². The van der Waals surface area contributed by atoms with Crippen LogP contribution in [0.5, 0.6) is 0 Å². The summed E-state index contributed by atoms with van der Waals surface area (Å²) in [6, 6.07) is 28.7. The molecule has 38 heavy (non-hydrogen) atoms. The second-order valence-corrected chi connectivity index (χ2v) is 10.1. The van der Waals surface area contributed by atoms with E-state index in [1.165, 1.54) is 28.5 Å². The molecule has 4 aromatic carbocycles. The fourth-order valence-electron chi connectivity index (χ4n) is 4.22. The highest BCUT2D eigenvalue weighted by Crippen LogP contribution is 2.26. The number of rotatable bonds is 7. The molecular formula is C31H26FN3O2S. The quantitative estimate of drug-likeness (QED) is 0.183. The highest BCUT2D eigenvalue weighted by atomic mass is 32.2. The predicted octanol–water partition coefficient (Wildman–Crippen LogP) is 6.40. The molecule has 0 saturated heterocycles. The lowest BCUT2D eigenvalue weighted by atomic mass is 10.1. The Morgan fingerprint density at radius 3 is 2.42 bits per heavy atom. The van der Waals surface area contributed by atoms with E-state index in [2.05, 4.69) is 0 Å². The number of nitrogens with zero attached hydrogens (tertiary/aromatic N) is 3. The van der Waals surface area contributed by atoms with Crippen LogP contribution in [0.15, 0.2) is 107 Å². The first-order valence-corrected chi connectivity index (χ1v) is 13.2. The lowest BCUT2D eigenvalue weighted by Crippen LogP contribution is -2.26. The Morgan fingerprint density at radius 2 is 1.68 bits per heavy atom. The van der Waals surface area contributed by atoms with Gasteiger partial charge in [-0.05, 0) is 54.4 Å². The number of aromatic nitrogens is 2. The molecular weight excluding hydrogens is 497 g/mol. The van der Waals surface area contributed by atoms with Crippen molar-refractivity contribution in [2.45, 2.75) is 24.4 Å². The number of fused-ring (bicyclic) bond motifs is 1. The number of hydrogen-bond donors (Lipinski definition) is 0. The maximum Gasteiger partial charge on any atom is 0.266 e. The van der Waals surface area contributed by atoms with E-state index >= 15 is 0 Å². The third kappa shape index (κ3) is 5.53. The minimum absolute atomic E-state index is 0.166. The summed E-state index contributed by atoms with van der Waals surface area (Å²) in [5, 5.41) is 0.784. The van der Waals surface area contributed by atoms with Crippen LogP contribution in [0.3, 0.4) is 0 Å². The number of benzene rings is 4. The van der Waals surface area contributed by atoms with E-state index in [0.29, 0.717) is 39.6 Å². The summed E-state index contributed by atoms with van der Waals surface area (Å²) in [6.45, 7) is 2.49. The van der Waals surface area contributed by atoms with E-state index in [1.807, 2.05) is 61.5 Å². The molecule has 1 heterocycles. The van der Waals surface area contributed by atoms with Crippen LogP contribution in [0.25, 0.3) is 16.6 Å². The zero-order chi connectivity index (χ0) is 26.6. The van der Waals surface area contributed by atoms with Gasteiger partial charge in [0.15, 0.2) is 5.16 Å². The number of carbonyl (C=O) groups excluding carboxylic acids is 1. The summed E-state index contributed by atoms with van der Waals surface area (Å²) in [5.74, 6) is -0.0292. The summed E-state index contributed by atoms with van der Waals surface area (Å²) < 4.78 is 15.5. The first kappa shape index (κ1) is 25.4. The van der Waals surface area contributed by atoms with E-state index in [-0.39, 0.29) is 11.5 Å². The fourth-order valence-corrected chi connectivity index (χ4v) is 5.19. The Balaban J connectivity index is 1.54. The van der Waals surface area contributed by atoms with Gasteiger partial charge in [0.2, 0.25) is 0 Å². The minimum atomic E-state index is -0.439. The molecule has 0 spiro atoms. The largest absolute Gasteiger partial charge is 0.337 e. The summed E-state index contributed by atoms with van der Waals surface area (Å²) in [4.78, 5) is 33.3. The zero-order valence-electron chi connectivity index (χ0n) is 21.1. The average molecular weight is 524 g/mol. The van der Waals surface area contributed by atoms with Crippen LogP contribution in [0.4, 0.5) is 4.39 Å². The Bertz CT molecular complexity index is 1670. The van der Waals surface area contributed by atoms with Crippen LogP contribution in [0, 0.1) is 12.7 Å². The van der Waals surface area contributed by atoms with Gasteiger partial charge in [-0.3, -0.25) is 14.2 Å². The van der Waals surface area contributed by atoms with Gasteiger partial charge in [0.25, 0.3) is 11.5 Å². The average Bonchev–Trinajstić information content (AvgIpc) is 2.92. The first-order chi connectivity index (χ1) is 18.4. The fraction of sp³-hybridized carbons (Fsp3) is 0.129. The van der Waals surface area contributed by atoms with Crippen LogP contribution >= 0.6 is 11.8 Å². The number of thioether (sulfide) groups is 1. The highest BCUT2D eigenvalue weighted by molar-refractivity contribution is 7.98. The number of halogens is 1. The Kier molecular flexibility index (Phi) is 7.38. The molecule has 7 heteroatoms. The van der Waals surface area contributed by atoms with Crippen molar-refractivity contribution in [2.75, 3.05) is 7.05 Å². The SMILES string of the molecule is Cc1ccc(CSc2nc3cc(C(=O)N(C)Cc4ccccc4)ccc3c(=O)n2-c2cccc(F)c2)cc1. The number of hydrogen-bond acceptors (Lipinski definition) is 4. The van der Waals surface area contributed by atoms with E-state index in [4.69, 9.17) is 4.98 Å². The van der Waals surface area contributed by atoms with Gasteiger partial charge in [0.1, 0.15) is 5.82 Å². The first-order valence-electron chi connectivity index (χ1n) is 12.2. The molecule has 5 nitrogen and oxygen atoms in total. The van der Waals surface area contributed by atoms with Gasteiger partial charge in [-0.2, -0.15) is 0 Å². The van der Waals surface area contributed by atoms with Gasteiger partial charge in [0, 0.05) is 24.9 Å². The van der Waals surface area contributed by atoms with E-state index < -0.39 is 5.82 Å². The van der Waals surface area contributed by atoms with Gasteiger partial charge in [0.05, 0.1) is 16.6 Å². The van der Waals surface area contributed by atoms with E-state index in [0.717, 1.165) is 16.7 Å². The molecule has 0 aliphatic heterocycles. The monoisotopic (exact) mass is 523 g/mol. The van der Waals surface area contributed by atoms with Gasteiger partial charge >= 0.3 is 0 Å². The summed E-state index contributed by atoms with van der Waals surface area (Å²) in [7, 11) is 1.75. The van der Waals surface area contributed by atoms with Crippen LogP contribution in [-0.4, -0.2) is 27.4 Å². The normalized spacial score (nSPS) is 11.0. The van der Waals surface area contributed by atoms with Crippen molar-refractivity contribution in [3.05, 3.63) is 135 Å². The Morgan fingerprint density at radius 1 is 0.921 bits per heavy atom. The molecule has 0 aliphatic rings. The van der Waals surface area contributed by atoms with Crippen molar-refractivity contribution in [1.29, 1.82) is 0 Å². The van der Waals surface area contributed by atoms with Crippen LogP contribution in [0.1, 0.15) is 27.0 Å². The van der Waals surface area contributed by atoms with Gasteiger partial charge in [-0.25, -0.2) is 9.37 Å². The van der Waals surface area contributed by atoms with Crippen LogP contribution < -0.4 is 5.56 Å². The van der Waals surface area contributed by atoms with Crippen molar-refractivity contribution in [1.82, 2.24) is 14.5 Å². The van der Waals surface area contributed by atoms with E-state index in [1.54, 1.807) is 42.3 Å². The lowest BCUT2D eigenvalue weighted by Gasteiger charge is -2.18. The molecule has 0 saturated carbocycles. The maximum absolute atomic E-state index is 14.1. The number of carbonyl (C=O) groups is 1. The topological polar surface area (TPSA) is 55.2 Å². The van der Waals surface area contributed by atoms with E-state index in [9.17, 15) is 14.0 Å². The van der Waals surface area contributed by atoms with Crippen molar-refractivity contribution in [2.24, 2.45) is 0 Å². The third-order valence-corrected chi connectivity index (χ3v) is 7.26. The van der Waals surface area contributed by atoms with Crippen LogP contribution in [0.2, 0.25) is 0 Å². The summed E-state index contributed by atoms with van der Waals surface area (Å²) in [5.41, 5.74) is 4.21. The second kappa shape index (κ2) is 11.0. The molecule has 5 rings (SSSR count). The van der Waals surface area contributed by atoms with Crippen molar-refractivity contribution in [3.8, 4) is 5.69 Å². The maximum atomic E-state index is 14.1. The number of aryl methyl sites for hydroxylation is 1. The molecule has 0 fully saturated rings. The van der Waals surface area contributed by atoms with Gasteiger partial charge < -0.3 is 4.90 Å². The summed E-state index contributed by atoms with van der Waals surface area (Å²) in [6.07, 6.45) is 0. The molecule has 0 unspecified atom stereocenters. The third-order valence-electron chi connectivity index (χ3n) is 6.25. The molecule has 5 aromatic rings. The second-order valence-electron chi connectivity index (χ2n) is 9.17. The lowest BCUT2D eigenvalue weighted by molar-refractivity contribution is 0.0785. The molecule has 0 atom stereocenters. The highest BCUT2D eigenvalue weighted by Gasteiger charge is 2.18. The predicted molar refractivity (Wildman–Crippen MR) is 150 cm³/mol. The number of amides is 1. The molecule has 0 aliphatic carbocycles. The molecule has 0 N–H and O–H groups in total. The minimum Gasteiger partial charge on any atom is -0.337 e. The zero-order valence-corrected chi connectivity index (χ0v) is 21.9. The van der Waals surface area contributed by atoms with Crippen molar-refractivity contribution in [3.63, 3.8) is 0 Å². The molecule has 0 bridgehead atoms. The summed E-state index contributed by atoms with van der Waals surface area (Å²) >= 11 is 1.39. The van der Waals surface area contributed by atoms with Crippen molar-refractivity contribution < 1.29 is 9.18 Å². The molecule has 0 radical (unpaired) electrons. The van der Waals surface area contributed by atoms with Gasteiger partial charge in [-0.1, -0.05) is 78.0 Å². The van der Waals surface area contributed by atoms with Gasteiger partial charge in [-0.15, -0.1) is 0 Å². The molecule has 1 amide bonds. The molecule has 1 aromatic heterocycles. The Labute approximate surface area is 224 Å². The van der Waals surface area contributed by atoms with Crippen molar-refractivity contribution >= 4 is 28.6 Å². The smallest absolute Gasteiger partial charge is 0.266 e. The Hall–Kier alpha value is -4.23. The molecule has 190 valence electrons. The standard InChI is InChI=1S/C31H26FN3O2S/c1-21-11-13-23(14-12-21)20-38-31-33-28-17-24(29(36)34(2)19-22-7-4-3-5-8-22)15-16-27(28)30(37)35(31)26-10-6-9-25(32)18-26/h3-18H,19-20H2,1-2H3.